The largest absolute Gasteiger partial charge is 0.448 e. The van der Waals surface area contributed by atoms with Crippen molar-refractivity contribution in [2.75, 3.05) is 31.6 Å². The molecule has 7 heteroatoms. The number of anilines is 1. The van der Waals surface area contributed by atoms with Gasteiger partial charge in [-0.15, -0.1) is 0 Å². The zero-order chi connectivity index (χ0) is 17.2. The second-order valence-corrected chi connectivity index (χ2v) is 6.35. The lowest BCUT2D eigenvalue weighted by atomic mass is 9.92. The Bertz CT molecular complexity index is 703. The third-order valence-corrected chi connectivity index (χ3v) is 4.24. The summed E-state index contributed by atoms with van der Waals surface area (Å²) in [7, 11) is 1.67. The third kappa shape index (κ3) is 3.56. The maximum absolute atomic E-state index is 12.4. The van der Waals surface area contributed by atoms with E-state index >= 15 is 0 Å². The predicted molar refractivity (Wildman–Crippen MR) is 88.8 cm³/mol. The Morgan fingerprint density at radius 2 is 2.33 bits per heavy atom. The van der Waals surface area contributed by atoms with Gasteiger partial charge in [-0.3, -0.25) is 4.79 Å². The second kappa shape index (κ2) is 6.60. The van der Waals surface area contributed by atoms with E-state index in [4.69, 9.17) is 4.42 Å². The minimum absolute atomic E-state index is 0.237. The van der Waals surface area contributed by atoms with Crippen molar-refractivity contribution in [2.45, 2.75) is 25.4 Å². The molecule has 0 unspecified atom stereocenters. The Kier molecular flexibility index (Phi) is 4.53. The average molecular weight is 330 g/mol. The van der Waals surface area contributed by atoms with E-state index in [9.17, 15) is 9.90 Å². The van der Waals surface area contributed by atoms with Gasteiger partial charge in [0.2, 0.25) is 0 Å². The molecule has 128 valence electrons. The van der Waals surface area contributed by atoms with E-state index in [1.165, 1.54) is 11.2 Å². The molecule has 1 N–H and O–H groups in total. The SMILES string of the molecule is Cc1nc(C(=O)N(C)C[C@]2(O)CCCN(c3ccccn3)C2)co1. The van der Waals surface area contributed by atoms with Gasteiger partial charge in [-0.05, 0) is 25.0 Å². The molecular formula is C17H22N4O3. The number of hydrogen-bond acceptors (Lipinski definition) is 6. The number of aliphatic hydroxyl groups is 1. The first-order valence-electron chi connectivity index (χ1n) is 8.03. The zero-order valence-corrected chi connectivity index (χ0v) is 14.0. The topological polar surface area (TPSA) is 82.7 Å². The Morgan fingerprint density at radius 1 is 1.50 bits per heavy atom. The summed E-state index contributed by atoms with van der Waals surface area (Å²) in [6.07, 6.45) is 4.58. The van der Waals surface area contributed by atoms with Crippen LogP contribution in [-0.4, -0.2) is 58.2 Å². The van der Waals surface area contributed by atoms with Crippen molar-refractivity contribution in [2.24, 2.45) is 0 Å². The van der Waals surface area contributed by atoms with Crippen molar-refractivity contribution in [1.29, 1.82) is 0 Å². The smallest absolute Gasteiger partial charge is 0.275 e. The number of rotatable bonds is 4. The van der Waals surface area contributed by atoms with Crippen LogP contribution in [0.1, 0.15) is 29.2 Å². The molecule has 24 heavy (non-hydrogen) atoms. The van der Waals surface area contributed by atoms with Crippen molar-refractivity contribution in [3.05, 3.63) is 42.2 Å². The number of likely N-dealkylation sites (N-methyl/N-ethyl adjacent to an activating group) is 1. The van der Waals surface area contributed by atoms with Gasteiger partial charge in [-0.2, -0.15) is 0 Å². The molecule has 0 spiro atoms. The maximum atomic E-state index is 12.4. The Labute approximate surface area is 140 Å². The molecule has 0 bridgehead atoms. The van der Waals surface area contributed by atoms with Crippen molar-refractivity contribution in [1.82, 2.24) is 14.9 Å². The van der Waals surface area contributed by atoms with E-state index in [2.05, 4.69) is 14.9 Å². The summed E-state index contributed by atoms with van der Waals surface area (Å²) in [6, 6.07) is 5.73. The first-order chi connectivity index (χ1) is 11.5. The van der Waals surface area contributed by atoms with Crippen LogP contribution in [0.2, 0.25) is 0 Å². The standard InChI is InChI=1S/C17H22N4O3/c1-13-19-14(10-24-13)16(22)20(2)11-17(23)7-5-9-21(12-17)15-6-3-4-8-18-15/h3-4,6,8,10,23H,5,7,9,11-12H2,1-2H3/t17-/m1/s1. The van der Waals surface area contributed by atoms with Crippen LogP contribution < -0.4 is 4.90 Å². The summed E-state index contributed by atoms with van der Waals surface area (Å²) in [4.78, 5) is 24.3. The number of hydrogen-bond donors (Lipinski definition) is 1. The number of carbonyl (C=O) groups is 1. The normalized spacial score (nSPS) is 20.9. The van der Waals surface area contributed by atoms with E-state index in [1.54, 1.807) is 20.2 Å². The molecule has 3 heterocycles. The summed E-state index contributed by atoms with van der Waals surface area (Å²) >= 11 is 0. The van der Waals surface area contributed by atoms with Gasteiger partial charge >= 0.3 is 0 Å². The van der Waals surface area contributed by atoms with Crippen LogP contribution in [0.15, 0.2) is 35.1 Å². The molecule has 1 aliphatic heterocycles. The van der Waals surface area contributed by atoms with Gasteiger partial charge in [0.15, 0.2) is 11.6 Å². The van der Waals surface area contributed by atoms with Gasteiger partial charge in [-0.1, -0.05) is 6.07 Å². The average Bonchev–Trinajstić information content (AvgIpc) is 3.01. The first kappa shape index (κ1) is 16.4. The Balaban J connectivity index is 1.67. The molecule has 7 nitrogen and oxygen atoms in total. The van der Waals surface area contributed by atoms with Gasteiger partial charge in [0.1, 0.15) is 12.1 Å². The summed E-state index contributed by atoms with van der Waals surface area (Å²) in [5, 5.41) is 11.0. The fourth-order valence-electron chi connectivity index (χ4n) is 3.15. The van der Waals surface area contributed by atoms with Crippen molar-refractivity contribution < 1.29 is 14.3 Å². The van der Waals surface area contributed by atoms with Crippen LogP contribution in [-0.2, 0) is 0 Å². The monoisotopic (exact) mass is 330 g/mol. The Morgan fingerprint density at radius 3 is 3.00 bits per heavy atom. The van der Waals surface area contributed by atoms with Gasteiger partial charge < -0.3 is 19.3 Å². The number of piperidine rings is 1. The highest BCUT2D eigenvalue weighted by Gasteiger charge is 2.36. The van der Waals surface area contributed by atoms with Crippen molar-refractivity contribution in [3.63, 3.8) is 0 Å². The van der Waals surface area contributed by atoms with Crippen LogP contribution in [0.5, 0.6) is 0 Å². The predicted octanol–water partition coefficient (Wildman–Crippen LogP) is 1.48. The lowest BCUT2D eigenvalue weighted by Gasteiger charge is -2.41. The highest BCUT2D eigenvalue weighted by molar-refractivity contribution is 5.91. The molecule has 0 aliphatic carbocycles. The van der Waals surface area contributed by atoms with E-state index in [0.29, 0.717) is 18.9 Å². The fraction of sp³-hybridized carbons (Fsp3) is 0.471. The first-order valence-corrected chi connectivity index (χ1v) is 8.03. The number of amides is 1. The van der Waals surface area contributed by atoms with Crippen LogP contribution >= 0.6 is 0 Å². The number of β-amino-alcohol motifs (C(OH)–C–C–N with tert-alkyl or cyclic N) is 1. The number of pyridine rings is 1. The van der Waals surface area contributed by atoms with E-state index in [1.807, 2.05) is 18.2 Å². The van der Waals surface area contributed by atoms with E-state index < -0.39 is 5.60 Å². The number of oxazole rings is 1. The molecule has 0 aromatic carbocycles. The minimum atomic E-state index is -0.973. The van der Waals surface area contributed by atoms with E-state index in [0.717, 1.165) is 18.8 Å². The minimum Gasteiger partial charge on any atom is -0.448 e. The maximum Gasteiger partial charge on any atom is 0.275 e. The molecule has 2 aromatic heterocycles. The summed E-state index contributed by atoms with van der Waals surface area (Å²) < 4.78 is 5.09. The molecule has 0 saturated carbocycles. The number of carbonyl (C=O) groups excluding carboxylic acids is 1. The molecular weight excluding hydrogens is 308 g/mol. The number of nitrogens with zero attached hydrogens (tertiary/aromatic N) is 4. The van der Waals surface area contributed by atoms with Crippen LogP contribution in [0, 0.1) is 6.92 Å². The van der Waals surface area contributed by atoms with Gasteiger partial charge in [-0.25, -0.2) is 9.97 Å². The molecule has 0 radical (unpaired) electrons. The highest BCUT2D eigenvalue weighted by atomic mass is 16.3. The quantitative estimate of drug-likeness (QED) is 0.914. The molecule has 1 amide bonds. The van der Waals surface area contributed by atoms with Crippen molar-refractivity contribution >= 4 is 11.7 Å². The van der Waals surface area contributed by atoms with Gasteiger partial charge in [0, 0.05) is 33.3 Å². The number of aromatic nitrogens is 2. The van der Waals surface area contributed by atoms with Crippen LogP contribution in [0.25, 0.3) is 0 Å². The lowest BCUT2D eigenvalue weighted by molar-refractivity contribution is -0.000281. The summed E-state index contributed by atoms with van der Waals surface area (Å²) in [6.45, 7) is 3.22. The fourth-order valence-corrected chi connectivity index (χ4v) is 3.15. The summed E-state index contributed by atoms with van der Waals surface area (Å²) in [5.41, 5.74) is -0.713. The highest BCUT2D eigenvalue weighted by Crippen LogP contribution is 2.25. The van der Waals surface area contributed by atoms with Crippen LogP contribution in [0.4, 0.5) is 5.82 Å². The molecule has 2 aromatic rings. The summed E-state index contributed by atoms with van der Waals surface area (Å²) in [5.74, 6) is 1.04. The van der Waals surface area contributed by atoms with Crippen molar-refractivity contribution in [3.8, 4) is 0 Å². The molecule has 1 atom stereocenters. The lowest BCUT2D eigenvalue weighted by Crippen LogP contribution is -2.54. The molecule has 1 saturated heterocycles. The van der Waals surface area contributed by atoms with E-state index in [-0.39, 0.29) is 18.1 Å². The number of aryl methyl sites for hydroxylation is 1. The molecule has 3 rings (SSSR count). The van der Waals surface area contributed by atoms with Gasteiger partial charge in [0.25, 0.3) is 5.91 Å². The van der Waals surface area contributed by atoms with Gasteiger partial charge in [0.05, 0.1) is 12.1 Å². The zero-order valence-electron chi connectivity index (χ0n) is 14.0. The Hall–Kier alpha value is -2.41. The molecule has 1 aliphatic rings. The third-order valence-electron chi connectivity index (χ3n) is 4.24. The molecule has 1 fully saturated rings. The second-order valence-electron chi connectivity index (χ2n) is 6.35. The van der Waals surface area contributed by atoms with Crippen LogP contribution in [0.3, 0.4) is 0 Å².